The summed E-state index contributed by atoms with van der Waals surface area (Å²) in [5.41, 5.74) is 5.44. The number of esters is 1. The first-order valence-corrected chi connectivity index (χ1v) is 7.09. The summed E-state index contributed by atoms with van der Waals surface area (Å²) >= 11 is 1.16. The van der Waals surface area contributed by atoms with Crippen molar-refractivity contribution in [2.75, 3.05) is 30.8 Å². The van der Waals surface area contributed by atoms with E-state index in [1.165, 1.54) is 7.11 Å². The first-order chi connectivity index (χ1) is 9.39. The van der Waals surface area contributed by atoms with Crippen molar-refractivity contribution in [1.82, 2.24) is 0 Å². The summed E-state index contributed by atoms with van der Waals surface area (Å²) in [6, 6.07) is 1.99. The van der Waals surface area contributed by atoms with Gasteiger partial charge in [-0.2, -0.15) is 5.26 Å². The van der Waals surface area contributed by atoms with Crippen LogP contribution in [0.5, 0.6) is 0 Å². The number of aliphatic hydroxyl groups is 1. The van der Waals surface area contributed by atoms with Crippen LogP contribution in [0.1, 0.15) is 35.0 Å². The number of nitrogens with two attached hydrogens (primary N) is 1. The van der Waals surface area contributed by atoms with Crippen molar-refractivity contribution in [3.05, 3.63) is 10.4 Å². The Labute approximate surface area is 121 Å². The van der Waals surface area contributed by atoms with Crippen molar-refractivity contribution in [2.45, 2.75) is 25.4 Å². The van der Waals surface area contributed by atoms with E-state index in [0.717, 1.165) is 17.8 Å². The number of thiophene rings is 1. The second-order valence-electron chi connectivity index (χ2n) is 5.15. The van der Waals surface area contributed by atoms with Crippen LogP contribution in [0, 0.1) is 11.3 Å². The Morgan fingerprint density at radius 1 is 1.65 bits per heavy atom. The molecule has 0 aliphatic carbocycles. The minimum absolute atomic E-state index is 0.157. The third kappa shape index (κ3) is 2.57. The lowest BCUT2D eigenvalue weighted by molar-refractivity contribution is 0.0446. The van der Waals surface area contributed by atoms with Crippen LogP contribution in [-0.2, 0) is 4.74 Å². The molecule has 108 valence electrons. The molecule has 20 heavy (non-hydrogen) atoms. The van der Waals surface area contributed by atoms with Gasteiger partial charge >= 0.3 is 5.97 Å². The quantitative estimate of drug-likeness (QED) is 0.799. The molecule has 0 bridgehead atoms. The predicted octanol–water partition coefficient (Wildman–Crippen LogP) is 1.34. The first-order valence-electron chi connectivity index (χ1n) is 6.27. The standard InChI is InChI=1S/C13H17N3O3S/c1-13(18)4-3-5-16(7-13)11-9(12(17)19-2)10(15)8(6-14)20-11/h18H,3-5,7,15H2,1-2H3. The highest BCUT2D eigenvalue weighted by Gasteiger charge is 2.33. The van der Waals surface area contributed by atoms with Gasteiger partial charge in [-0.15, -0.1) is 11.3 Å². The maximum Gasteiger partial charge on any atom is 0.343 e. The van der Waals surface area contributed by atoms with Gasteiger partial charge in [-0.3, -0.25) is 0 Å². The molecule has 0 radical (unpaired) electrons. The maximum atomic E-state index is 11.9. The molecule has 1 aliphatic rings. The van der Waals surface area contributed by atoms with Crippen LogP contribution < -0.4 is 10.6 Å². The molecule has 3 N–H and O–H groups in total. The zero-order valence-electron chi connectivity index (χ0n) is 11.5. The average Bonchev–Trinajstić information content (AvgIpc) is 2.73. The first kappa shape index (κ1) is 14.6. The van der Waals surface area contributed by atoms with Crippen LogP contribution in [0.4, 0.5) is 10.7 Å². The lowest BCUT2D eigenvalue weighted by atomic mass is 9.95. The summed E-state index contributed by atoms with van der Waals surface area (Å²) in [6.07, 6.45) is 1.52. The van der Waals surface area contributed by atoms with E-state index in [1.807, 2.05) is 11.0 Å². The number of methoxy groups -OCH3 is 1. The predicted molar refractivity (Wildman–Crippen MR) is 76.9 cm³/mol. The lowest BCUT2D eigenvalue weighted by Crippen LogP contribution is -2.46. The van der Waals surface area contributed by atoms with Gasteiger partial charge in [0.25, 0.3) is 0 Å². The van der Waals surface area contributed by atoms with Crippen LogP contribution >= 0.6 is 11.3 Å². The molecule has 2 heterocycles. The fourth-order valence-corrected chi connectivity index (χ4v) is 3.46. The summed E-state index contributed by atoms with van der Waals surface area (Å²) in [6.45, 7) is 2.88. The normalized spacial score (nSPS) is 22.4. The number of β-amino-alcohol motifs (C(OH)–C–C–N with tert-alkyl or cyclic N) is 1. The zero-order chi connectivity index (χ0) is 14.9. The number of anilines is 2. The van der Waals surface area contributed by atoms with Crippen molar-refractivity contribution < 1.29 is 14.6 Å². The Morgan fingerprint density at radius 2 is 2.35 bits per heavy atom. The van der Waals surface area contributed by atoms with Gasteiger partial charge in [0.15, 0.2) is 0 Å². The van der Waals surface area contributed by atoms with Gasteiger partial charge in [0.1, 0.15) is 21.5 Å². The van der Waals surface area contributed by atoms with Crippen molar-refractivity contribution in [3.8, 4) is 6.07 Å². The number of carbonyl (C=O) groups is 1. The van der Waals surface area contributed by atoms with Crippen molar-refractivity contribution in [3.63, 3.8) is 0 Å². The summed E-state index contributed by atoms with van der Waals surface area (Å²) in [4.78, 5) is 14.1. The van der Waals surface area contributed by atoms with E-state index < -0.39 is 11.6 Å². The van der Waals surface area contributed by atoms with Crippen LogP contribution in [-0.4, -0.2) is 36.9 Å². The highest BCUT2D eigenvalue weighted by molar-refractivity contribution is 7.17. The molecular weight excluding hydrogens is 278 g/mol. The summed E-state index contributed by atoms with van der Waals surface area (Å²) in [7, 11) is 1.28. The number of nitriles is 1. The molecule has 1 atom stereocenters. The number of ether oxygens (including phenoxy) is 1. The van der Waals surface area contributed by atoms with Crippen LogP contribution in [0.15, 0.2) is 0 Å². The Balaban J connectivity index is 2.45. The molecular formula is C13H17N3O3S. The monoisotopic (exact) mass is 295 g/mol. The van der Waals surface area contributed by atoms with Crippen molar-refractivity contribution >= 4 is 28.0 Å². The van der Waals surface area contributed by atoms with Crippen molar-refractivity contribution in [1.29, 1.82) is 5.26 Å². The minimum atomic E-state index is -0.808. The fourth-order valence-electron chi connectivity index (χ4n) is 2.43. The minimum Gasteiger partial charge on any atom is -0.465 e. The summed E-state index contributed by atoms with van der Waals surface area (Å²) in [5.74, 6) is -0.555. The average molecular weight is 295 g/mol. The molecule has 1 aliphatic heterocycles. The Kier molecular flexibility index (Phi) is 3.88. The van der Waals surface area contributed by atoms with Crippen LogP contribution in [0.25, 0.3) is 0 Å². The second kappa shape index (κ2) is 5.31. The number of hydrogen-bond donors (Lipinski definition) is 2. The van der Waals surface area contributed by atoms with Crippen LogP contribution in [0.3, 0.4) is 0 Å². The Morgan fingerprint density at radius 3 is 2.90 bits per heavy atom. The molecule has 1 aromatic heterocycles. The molecule has 0 spiro atoms. The highest BCUT2D eigenvalue weighted by atomic mass is 32.1. The van der Waals surface area contributed by atoms with E-state index in [9.17, 15) is 9.90 Å². The second-order valence-corrected chi connectivity index (χ2v) is 6.15. The smallest absolute Gasteiger partial charge is 0.343 e. The number of carbonyl (C=O) groups excluding carboxylic acids is 1. The molecule has 1 fully saturated rings. The van der Waals surface area contributed by atoms with E-state index >= 15 is 0 Å². The third-order valence-corrected chi connectivity index (χ3v) is 4.55. The topological polar surface area (TPSA) is 99.6 Å². The van der Waals surface area contributed by atoms with Gasteiger partial charge in [-0.05, 0) is 19.8 Å². The summed E-state index contributed by atoms with van der Waals surface area (Å²) in [5, 5.41) is 19.9. The van der Waals surface area contributed by atoms with E-state index in [2.05, 4.69) is 0 Å². The molecule has 2 rings (SSSR count). The number of nitrogen functional groups attached to an aromatic ring is 1. The summed E-state index contributed by atoms with van der Waals surface area (Å²) < 4.78 is 4.75. The number of hydrogen-bond acceptors (Lipinski definition) is 7. The Bertz CT molecular complexity index is 574. The van der Waals surface area contributed by atoms with Gasteiger partial charge < -0.3 is 20.5 Å². The zero-order valence-corrected chi connectivity index (χ0v) is 12.3. The molecule has 0 aromatic carbocycles. The number of nitrogens with zero attached hydrogens (tertiary/aromatic N) is 2. The van der Waals surface area contributed by atoms with E-state index in [0.29, 0.717) is 29.4 Å². The van der Waals surface area contributed by atoms with Gasteiger partial charge in [-0.1, -0.05) is 0 Å². The lowest BCUT2D eigenvalue weighted by Gasteiger charge is -2.37. The SMILES string of the molecule is COC(=O)c1c(N2CCCC(C)(O)C2)sc(C#N)c1N. The number of rotatable bonds is 2. The van der Waals surface area contributed by atoms with Crippen LogP contribution in [0.2, 0.25) is 0 Å². The molecule has 0 saturated carbocycles. The van der Waals surface area contributed by atoms with Gasteiger partial charge in [0, 0.05) is 13.1 Å². The van der Waals surface area contributed by atoms with E-state index in [4.69, 9.17) is 15.7 Å². The maximum absolute atomic E-state index is 11.9. The molecule has 1 aromatic rings. The van der Waals surface area contributed by atoms with E-state index in [-0.39, 0.29) is 11.3 Å². The molecule has 6 nitrogen and oxygen atoms in total. The van der Waals surface area contributed by atoms with Gasteiger partial charge in [0.05, 0.1) is 18.4 Å². The molecule has 7 heteroatoms. The molecule has 1 unspecified atom stereocenters. The Hall–Kier alpha value is -1.78. The van der Waals surface area contributed by atoms with E-state index in [1.54, 1.807) is 6.92 Å². The van der Waals surface area contributed by atoms with Crippen molar-refractivity contribution in [2.24, 2.45) is 0 Å². The molecule has 0 amide bonds. The third-order valence-electron chi connectivity index (χ3n) is 3.38. The van der Waals surface area contributed by atoms with Gasteiger partial charge in [0.2, 0.25) is 0 Å². The van der Waals surface area contributed by atoms with Gasteiger partial charge in [-0.25, -0.2) is 4.79 Å². The highest BCUT2D eigenvalue weighted by Crippen LogP contribution is 2.40. The number of piperidine rings is 1. The largest absolute Gasteiger partial charge is 0.465 e. The fraction of sp³-hybridized carbons (Fsp3) is 0.538. The molecule has 1 saturated heterocycles.